The second-order valence-electron chi connectivity index (χ2n) is 2.79. The van der Waals surface area contributed by atoms with E-state index in [2.05, 4.69) is 12.2 Å². The molecule has 0 rings (SSSR count). The third-order valence-corrected chi connectivity index (χ3v) is 3.68. The lowest BCUT2D eigenvalue weighted by Crippen LogP contribution is -2.22. The first kappa shape index (κ1) is 12.1. The summed E-state index contributed by atoms with van der Waals surface area (Å²) < 4.78 is 10.4. The summed E-state index contributed by atoms with van der Waals surface area (Å²) in [5.74, 6) is 0. The summed E-state index contributed by atoms with van der Waals surface area (Å²) in [4.78, 5) is 0. The van der Waals surface area contributed by atoms with E-state index in [0.717, 1.165) is 19.1 Å². The summed E-state index contributed by atoms with van der Waals surface area (Å²) in [5.41, 5.74) is 0. The van der Waals surface area contributed by atoms with Gasteiger partial charge in [-0.1, -0.05) is 6.92 Å². The largest absolute Gasteiger partial charge is 0.400 e. The molecule has 0 aliphatic rings. The Kier molecular flexibility index (Phi) is 9.26. The Morgan fingerprint density at radius 3 is 2.33 bits per heavy atom. The molecule has 0 bridgehead atoms. The number of nitrogens with one attached hydrogen (secondary N) is 1. The quantitative estimate of drug-likeness (QED) is 0.456. The van der Waals surface area contributed by atoms with E-state index in [1.165, 1.54) is 12.8 Å². The lowest BCUT2D eigenvalue weighted by Gasteiger charge is -2.10. The molecular formula is C8H21NO2Si. The maximum absolute atomic E-state index is 5.19. The molecule has 4 heteroatoms. The summed E-state index contributed by atoms with van der Waals surface area (Å²) in [6.45, 7) is 4.38. The summed E-state index contributed by atoms with van der Waals surface area (Å²) in [6.07, 6.45) is 2.37. The van der Waals surface area contributed by atoms with Gasteiger partial charge in [-0.25, -0.2) is 0 Å². The minimum Gasteiger partial charge on any atom is -0.400 e. The molecule has 0 aliphatic heterocycles. The maximum atomic E-state index is 5.19. The van der Waals surface area contributed by atoms with Gasteiger partial charge in [0.15, 0.2) is 0 Å². The van der Waals surface area contributed by atoms with Crippen molar-refractivity contribution in [2.45, 2.75) is 25.8 Å². The molecule has 0 aromatic carbocycles. The minimum absolute atomic E-state index is 1.09. The first-order valence-corrected chi connectivity index (χ1v) is 6.37. The molecule has 0 saturated heterocycles. The van der Waals surface area contributed by atoms with Crippen LogP contribution in [0.4, 0.5) is 0 Å². The molecule has 1 N–H and O–H groups in total. The topological polar surface area (TPSA) is 30.5 Å². The van der Waals surface area contributed by atoms with Crippen LogP contribution in [0.3, 0.4) is 0 Å². The molecule has 0 aliphatic carbocycles. The van der Waals surface area contributed by atoms with Crippen molar-refractivity contribution < 1.29 is 8.85 Å². The van der Waals surface area contributed by atoms with Gasteiger partial charge in [-0.05, 0) is 32.0 Å². The van der Waals surface area contributed by atoms with Gasteiger partial charge in [-0.2, -0.15) is 0 Å². The number of hydrogen-bond acceptors (Lipinski definition) is 3. The molecular weight excluding hydrogens is 170 g/mol. The predicted molar refractivity (Wildman–Crippen MR) is 53.8 cm³/mol. The standard InChI is InChI=1S/C8H21NO2Si/c1-4-6-9-7-5-8-12(10-2)11-3/h9,12H,4-8H2,1-3H3. The van der Waals surface area contributed by atoms with Crippen LogP contribution in [0, 0.1) is 0 Å². The van der Waals surface area contributed by atoms with Gasteiger partial charge in [-0.15, -0.1) is 0 Å². The van der Waals surface area contributed by atoms with E-state index >= 15 is 0 Å². The zero-order chi connectivity index (χ0) is 9.23. The average molecular weight is 191 g/mol. The van der Waals surface area contributed by atoms with Crippen LogP contribution >= 0.6 is 0 Å². The van der Waals surface area contributed by atoms with Crippen LogP contribution in [0.5, 0.6) is 0 Å². The van der Waals surface area contributed by atoms with Gasteiger partial charge in [-0.3, -0.25) is 0 Å². The highest BCUT2D eigenvalue weighted by molar-refractivity contribution is 6.44. The van der Waals surface area contributed by atoms with E-state index in [0.29, 0.717) is 0 Å². The summed E-state index contributed by atoms with van der Waals surface area (Å²) in [7, 11) is 2.19. The highest BCUT2D eigenvalue weighted by atomic mass is 28.3. The van der Waals surface area contributed by atoms with Gasteiger partial charge in [0, 0.05) is 14.2 Å². The number of rotatable bonds is 8. The van der Waals surface area contributed by atoms with Crippen LogP contribution in [0.1, 0.15) is 19.8 Å². The summed E-state index contributed by atoms with van der Waals surface area (Å²) in [5, 5.41) is 3.35. The average Bonchev–Trinajstić information content (AvgIpc) is 2.11. The van der Waals surface area contributed by atoms with Crippen LogP contribution in [-0.4, -0.2) is 36.6 Å². The Bertz CT molecular complexity index is 89.1. The lowest BCUT2D eigenvalue weighted by molar-refractivity contribution is 0.276. The zero-order valence-corrected chi connectivity index (χ0v) is 9.58. The normalized spacial score (nSPS) is 11.0. The lowest BCUT2D eigenvalue weighted by atomic mass is 10.4. The molecule has 0 fully saturated rings. The van der Waals surface area contributed by atoms with E-state index in [-0.39, 0.29) is 0 Å². The monoisotopic (exact) mass is 191 g/mol. The van der Waals surface area contributed by atoms with Crippen LogP contribution < -0.4 is 5.32 Å². The van der Waals surface area contributed by atoms with Crippen molar-refractivity contribution in [2.24, 2.45) is 0 Å². The van der Waals surface area contributed by atoms with Gasteiger partial charge in [0.1, 0.15) is 0 Å². The Balaban J connectivity index is 3.06. The van der Waals surface area contributed by atoms with Gasteiger partial charge < -0.3 is 14.2 Å². The molecule has 0 unspecified atom stereocenters. The molecule has 0 saturated carbocycles. The molecule has 0 radical (unpaired) electrons. The van der Waals surface area contributed by atoms with Crippen molar-refractivity contribution in [3.63, 3.8) is 0 Å². The second-order valence-corrected chi connectivity index (χ2v) is 5.17. The number of hydrogen-bond donors (Lipinski definition) is 1. The molecule has 0 spiro atoms. The predicted octanol–water partition coefficient (Wildman–Crippen LogP) is 0.889. The van der Waals surface area contributed by atoms with E-state index in [1.807, 2.05) is 0 Å². The Labute approximate surface area is 77.3 Å². The van der Waals surface area contributed by atoms with Gasteiger partial charge in [0.05, 0.1) is 0 Å². The highest BCUT2D eigenvalue weighted by Gasteiger charge is 2.07. The Morgan fingerprint density at radius 1 is 1.17 bits per heavy atom. The fourth-order valence-electron chi connectivity index (χ4n) is 1.03. The first-order valence-electron chi connectivity index (χ1n) is 4.61. The van der Waals surface area contributed by atoms with E-state index < -0.39 is 9.28 Å². The van der Waals surface area contributed by atoms with Crippen LogP contribution in [0.15, 0.2) is 0 Å². The molecule has 0 amide bonds. The van der Waals surface area contributed by atoms with E-state index in [9.17, 15) is 0 Å². The Morgan fingerprint density at radius 2 is 1.83 bits per heavy atom. The van der Waals surface area contributed by atoms with E-state index in [4.69, 9.17) is 8.85 Å². The summed E-state index contributed by atoms with van der Waals surface area (Å²) in [6, 6.07) is 1.10. The second kappa shape index (κ2) is 9.19. The SMILES string of the molecule is CCCNCCC[SiH](OC)OC. The Hall–Kier alpha value is 0.0969. The van der Waals surface area contributed by atoms with Crippen molar-refractivity contribution >= 4 is 9.28 Å². The third-order valence-electron chi connectivity index (χ3n) is 1.75. The maximum Gasteiger partial charge on any atom is 0.320 e. The molecule has 3 nitrogen and oxygen atoms in total. The van der Waals surface area contributed by atoms with E-state index in [1.54, 1.807) is 14.2 Å². The summed E-state index contributed by atoms with van der Waals surface area (Å²) >= 11 is 0. The third kappa shape index (κ3) is 6.79. The van der Waals surface area contributed by atoms with Crippen LogP contribution in [0.25, 0.3) is 0 Å². The molecule has 0 atom stereocenters. The molecule has 12 heavy (non-hydrogen) atoms. The highest BCUT2D eigenvalue weighted by Crippen LogP contribution is 1.97. The molecule has 0 aromatic heterocycles. The van der Waals surface area contributed by atoms with Gasteiger partial charge in [0.25, 0.3) is 0 Å². The first-order chi connectivity index (χ1) is 5.85. The minimum atomic E-state index is -1.28. The fourth-order valence-corrected chi connectivity index (χ4v) is 2.23. The van der Waals surface area contributed by atoms with Crippen molar-refractivity contribution in [1.29, 1.82) is 0 Å². The van der Waals surface area contributed by atoms with Crippen molar-refractivity contribution in [3.05, 3.63) is 0 Å². The van der Waals surface area contributed by atoms with Crippen LogP contribution in [-0.2, 0) is 8.85 Å². The van der Waals surface area contributed by atoms with Gasteiger partial charge in [0.2, 0.25) is 0 Å². The van der Waals surface area contributed by atoms with Crippen LogP contribution in [0.2, 0.25) is 6.04 Å². The molecule has 74 valence electrons. The van der Waals surface area contributed by atoms with Crippen molar-refractivity contribution in [1.82, 2.24) is 5.32 Å². The fraction of sp³-hybridized carbons (Fsp3) is 1.00. The van der Waals surface area contributed by atoms with Gasteiger partial charge >= 0.3 is 9.28 Å². The molecule has 0 aromatic rings. The smallest absolute Gasteiger partial charge is 0.320 e. The molecule has 0 heterocycles. The van der Waals surface area contributed by atoms with Crippen molar-refractivity contribution in [2.75, 3.05) is 27.3 Å². The van der Waals surface area contributed by atoms with Crippen molar-refractivity contribution in [3.8, 4) is 0 Å². The zero-order valence-electron chi connectivity index (χ0n) is 8.43.